The minimum Gasteiger partial charge on any atom is -0.388 e. The zero-order valence-corrected chi connectivity index (χ0v) is 11.2. The summed E-state index contributed by atoms with van der Waals surface area (Å²) in [5.74, 6) is 0.650. The molecular weight excluding hydrogens is 230 g/mol. The van der Waals surface area contributed by atoms with Crippen molar-refractivity contribution in [2.45, 2.75) is 32.7 Å². The van der Waals surface area contributed by atoms with Crippen LogP contribution in [0.2, 0.25) is 0 Å². The van der Waals surface area contributed by atoms with Gasteiger partial charge in [-0.05, 0) is 30.9 Å². The highest BCUT2D eigenvalue weighted by Gasteiger charge is 2.29. The van der Waals surface area contributed by atoms with Crippen molar-refractivity contribution in [1.82, 2.24) is 4.98 Å². The SMILES string of the molecule is CC(C)CN(c1ccnc(C(N)=S)c1)C1CC1. The van der Waals surface area contributed by atoms with Crippen LogP contribution in [0.5, 0.6) is 0 Å². The van der Waals surface area contributed by atoms with Crippen molar-refractivity contribution in [3.05, 3.63) is 24.0 Å². The van der Waals surface area contributed by atoms with Crippen LogP contribution in [0.3, 0.4) is 0 Å². The first-order chi connectivity index (χ1) is 8.08. The van der Waals surface area contributed by atoms with Gasteiger partial charge in [0.25, 0.3) is 0 Å². The molecule has 1 heterocycles. The van der Waals surface area contributed by atoms with Gasteiger partial charge in [0.1, 0.15) is 4.99 Å². The summed E-state index contributed by atoms with van der Waals surface area (Å²) in [5.41, 5.74) is 7.53. The molecule has 2 N–H and O–H groups in total. The van der Waals surface area contributed by atoms with E-state index in [9.17, 15) is 0 Å². The first kappa shape index (κ1) is 12.3. The van der Waals surface area contributed by atoms with Gasteiger partial charge in [-0.3, -0.25) is 4.98 Å². The highest BCUT2D eigenvalue weighted by molar-refractivity contribution is 7.80. The standard InChI is InChI=1S/C13H19N3S/c1-9(2)8-16(10-3-4-10)11-5-6-15-12(7-11)13(14)17/h5-7,9-10H,3-4,8H2,1-2H3,(H2,14,17). The third kappa shape index (κ3) is 3.16. The Balaban J connectivity index is 2.22. The minimum atomic E-state index is 0.368. The maximum Gasteiger partial charge on any atom is 0.122 e. The lowest BCUT2D eigenvalue weighted by Crippen LogP contribution is -2.30. The van der Waals surface area contributed by atoms with Crippen molar-refractivity contribution < 1.29 is 0 Å². The minimum absolute atomic E-state index is 0.368. The van der Waals surface area contributed by atoms with Crippen LogP contribution in [0.25, 0.3) is 0 Å². The fourth-order valence-electron chi connectivity index (χ4n) is 1.98. The zero-order valence-electron chi connectivity index (χ0n) is 10.4. The van der Waals surface area contributed by atoms with Crippen molar-refractivity contribution in [3.8, 4) is 0 Å². The quantitative estimate of drug-likeness (QED) is 0.813. The van der Waals surface area contributed by atoms with Gasteiger partial charge in [-0.15, -0.1) is 0 Å². The topological polar surface area (TPSA) is 42.2 Å². The van der Waals surface area contributed by atoms with Gasteiger partial charge in [0.05, 0.1) is 5.69 Å². The molecule has 1 saturated carbocycles. The summed E-state index contributed by atoms with van der Waals surface area (Å²) < 4.78 is 0. The molecule has 1 aliphatic rings. The van der Waals surface area contributed by atoms with Crippen molar-refractivity contribution >= 4 is 22.9 Å². The smallest absolute Gasteiger partial charge is 0.122 e. The lowest BCUT2D eigenvalue weighted by atomic mass is 10.2. The number of rotatable bonds is 5. The first-order valence-electron chi connectivity index (χ1n) is 6.10. The van der Waals surface area contributed by atoms with Gasteiger partial charge in [-0.25, -0.2) is 0 Å². The molecule has 1 aliphatic carbocycles. The number of thiocarbonyl (C=S) groups is 1. The summed E-state index contributed by atoms with van der Waals surface area (Å²) >= 11 is 4.97. The predicted octanol–water partition coefficient (Wildman–Crippen LogP) is 2.34. The molecule has 0 aromatic carbocycles. The summed E-state index contributed by atoms with van der Waals surface area (Å²) in [6.45, 7) is 5.56. The number of nitrogens with zero attached hydrogens (tertiary/aromatic N) is 2. The second-order valence-electron chi connectivity index (χ2n) is 5.04. The molecule has 3 nitrogen and oxygen atoms in total. The average molecular weight is 249 g/mol. The molecule has 17 heavy (non-hydrogen) atoms. The Labute approximate surface area is 108 Å². The van der Waals surface area contributed by atoms with E-state index in [0.717, 1.165) is 6.54 Å². The Morgan fingerprint density at radius 3 is 2.82 bits per heavy atom. The summed E-state index contributed by atoms with van der Waals surface area (Å²) in [4.78, 5) is 7.01. The molecule has 1 aromatic heterocycles. The van der Waals surface area contributed by atoms with Crippen LogP contribution >= 0.6 is 12.2 Å². The van der Waals surface area contributed by atoms with Gasteiger partial charge in [-0.2, -0.15) is 0 Å². The third-order valence-corrected chi connectivity index (χ3v) is 3.09. The lowest BCUT2D eigenvalue weighted by molar-refractivity contribution is 0.607. The second-order valence-corrected chi connectivity index (χ2v) is 5.48. The largest absolute Gasteiger partial charge is 0.388 e. The van der Waals surface area contributed by atoms with Gasteiger partial charge < -0.3 is 10.6 Å². The molecule has 0 saturated heterocycles. The number of hydrogen-bond acceptors (Lipinski definition) is 3. The highest BCUT2D eigenvalue weighted by Crippen LogP contribution is 2.32. The molecule has 2 rings (SSSR count). The molecule has 0 radical (unpaired) electrons. The zero-order chi connectivity index (χ0) is 12.4. The van der Waals surface area contributed by atoms with Crippen LogP contribution in [0, 0.1) is 5.92 Å². The van der Waals surface area contributed by atoms with Gasteiger partial charge in [0.2, 0.25) is 0 Å². The molecule has 92 valence electrons. The monoisotopic (exact) mass is 249 g/mol. The van der Waals surface area contributed by atoms with Crippen LogP contribution in [-0.4, -0.2) is 22.6 Å². The van der Waals surface area contributed by atoms with Crippen LogP contribution in [0.4, 0.5) is 5.69 Å². The number of hydrogen-bond donors (Lipinski definition) is 1. The molecule has 0 spiro atoms. The first-order valence-corrected chi connectivity index (χ1v) is 6.51. The summed E-state index contributed by atoms with van der Waals surface area (Å²) in [5, 5.41) is 0. The van der Waals surface area contributed by atoms with E-state index in [0.29, 0.717) is 22.6 Å². The van der Waals surface area contributed by atoms with E-state index in [1.54, 1.807) is 6.20 Å². The van der Waals surface area contributed by atoms with Gasteiger partial charge in [0, 0.05) is 24.5 Å². The third-order valence-electron chi connectivity index (χ3n) is 2.88. The van der Waals surface area contributed by atoms with Crippen molar-refractivity contribution in [3.63, 3.8) is 0 Å². The van der Waals surface area contributed by atoms with Crippen molar-refractivity contribution in [2.75, 3.05) is 11.4 Å². The maximum absolute atomic E-state index is 5.63. The molecule has 0 unspecified atom stereocenters. The normalized spacial score (nSPS) is 15.0. The Bertz CT molecular complexity index is 413. The summed E-state index contributed by atoms with van der Waals surface area (Å²) in [6.07, 6.45) is 4.37. The van der Waals surface area contributed by atoms with Crippen molar-refractivity contribution in [1.29, 1.82) is 0 Å². The van der Waals surface area contributed by atoms with Crippen LogP contribution in [0.15, 0.2) is 18.3 Å². The van der Waals surface area contributed by atoms with Gasteiger partial charge in [0.15, 0.2) is 0 Å². The number of anilines is 1. The highest BCUT2D eigenvalue weighted by atomic mass is 32.1. The Hall–Kier alpha value is -1.16. The molecule has 1 aromatic rings. The van der Waals surface area contributed by atoms with E-state index in [1.165, 1.54) is 18.5 Å². The maximum atomic E-state index is 5.63. The van der Waals surface area contributed by atoms with Crippen LogP contribution in [-0.2, 0) is 0 Å². The number of aromatic nitrogens is 1. The van der Waals surface area contributed by atoms with E-state index in [2.05, 4.69) is 23.7 Å². The Kier molecular flexibility index (Phi) is 3.62. The molecular formula is C13H19N3S. The van der Waals surface area contributed by atoms with E-state index < -0.39 is 0 Å². The molecule has 0 amide bonds. The van der Waals surface area contributed by atoms with E-state index in [1.807, 2.05) is 12.1 Å². The summed E-state index contributed by atoms with van der Waals surface area (Å²) in [7, 11) is 0. The molecule has 1 fully saturated rings. The summed E-state index contributed by atoms with van der Waals surface area (Å²) in [6, 6.07) is 4.74. The Morgan fingerprint density at radius 2 is 2.29 bits per heavy atom. The van der Waals surface area contributed by atoms with Gasteiger partial charge >= 0.3 is 0 Å². The fourth-order valence-corrected chi connectivity index (χ4v) is 2.09. The fraction of sp³-hybridized carbons (Fsp3) is 0.538. The van der Waals surface area contributed by atoms with E-state index >= 15 is 0 Å². The average Bonchev–Trinajstić information content (AvgIpc) is 3.09. The van der Waals surface area contributed by atoms with Crippen LogP contribution < -0.4 is 10.6 Å². The van der Waals surface area contributed by atoms with E-state index in [-0.39, 0.29) is 0 Å². The van der Waals surface area contributed by atoms with Gasteiger partial charge in [-0.1, -0.05) is 26.1 Å². The lowest BCUT2D eigenvalue weighted by Gasteiger charge is -2.26. The van der Waals surface area contributed by atoms with E-state index in [4.69, 9.17) is 18.0 Å². The second kappa shape index (κ2) is 5.00. The molecule has 0 aliphatic heterocycles. The van der Waals surface area contributed by atoms with Crippen LogP contribution in [0.1, 0.15) is 32.4 Å². The number of nitrogens with two attached hydrogens (primary N) is 1. The predicted molar refractivity (Wildman–Crippen MR) is 75.3 cm³/mol. The Morgan fingerprint density at radius 1 is 1.59 bits per heavy atom. The van der Waals surface area contributed by atoms with Crippen molar-refractivity contribution in [2.24, 2.45) is 11.7 Å². The molecule has 0 atom stereocenters. The molecule has 0 bridgehead atoms. The number of pyridine rings is 1. The molecule has 4 heteroatoms.